The van der Waals surface area contributed by atoms with Crippen LogP contribution in [-0.4, -0.2) is 4.57 Å². The van der Waals surface area contributed by atoms with Crippen molar-refractivity contribution >= 4 is 33.1 Å². The van der Waals surface area contributed by atoms with E-state index in [2.05, 4.69) is 18.5 Å². The summed E-state index contributed by atoms with van der Waals surface area (Å²) in [4.78, 5) is 0. The number of furan rings is 1. The summed E-state index contributed by atoms with van der Waals surface area (Å²) in [6, 6.07) is 9.05. The Bertz CT molecular complexity index is 1450. The van der Waals surface area contributed by atoms with Gasteiger partial charge in [-0.25, -0.2) is 8.78 Å². The van der Waals surface area contributed by atoms with Gasteiger partial charge < -0.3 is 20.0 Å². The average Bonchev–Trinajstić information content (AvgIpc) is 3.33. The van der Waals surface area contributed by atoms with Gasteiger partial charge in [-0.2, -0.15) is 0 Å². The highest BCUT2D eigenvalue weighted by Crippen LogP contribution is 2.41. The van der Waals surface area contributed by atoms with Gasteiger partial charge in [0.1, 0.15) is 17.2 Å². The molecule has 0 bridgehead atoms. The Balaban J connectivity index is 1.89. The molecule has 0 saturated carbocycles. The van der Waals surface area contributed by atoms with E-state index in [1.807, 2.05) is 34.9 Å². The van der Waals surface area contributed by atoms with E-state index < -0.39 is 11.6 Å². The second-order valence-electron chi connectivity index (χ2n) is 7.43. The lowest BCUT2D eigenvalue weighted by Crippen LogP contribution is -2.13. The third-order valence-corrected chi connectivity index (χ3v) is 5.51. The van der Waals surface area contributed by atoms with Gasteiger partial charge in [-0.1, -0.05) is 19.2 Å². The van der Waals surface area contributed by atoms with Crippen molar-refractivity contribution in [2.75, 3.05) is 0 Å². The smallest absolute Gasteiger partial charge is 0.134 e. The first-order valence-corrected chi connectivity index (χ1v) is 9.70. The van der Waals surface area contributed by atoms with Crippen LogP contribution < -0.4 is 11.1 Å². The van der Waals surface area contributed by atoms with E-state index in [4.69, 9.17) is 10.2 Å². The molecule has 1 aliphatic heterocycles. The minimum Gasteiger partial charge on any atom is -0.464 e. The van der Waals surface area contributed by atoms with Crippen LogP contribution in [0.15, 0.2) is 84.3 Å². The molecule has 0 radical (unpaired) electrons. The van der Waals surface area contributed by atoms with Crippen LogP contribution in [0, 0.1) is 11.6 Å². The highest BCUT2D eigenvalue weighted by Gasteiger charge is 2.25. The lowest BCUT2D eigenvalue weighted by molar-refractivity contribution is 0.578. The Morgan fingerprint density at radius 3 is 2.77 bits per heavy atom. The van der Waals surface area contributed by atoms with Crippen molar-refractivity contribution in [3.05, 3.63) is 108 Å². The molecule has 0 saturated heterocycles. The second kappa shape index (κ2) is 7.02. The number of nitrogens with two attached hydrogens (primary N) is 1. The Morgan fingerprint density at radius 1 is 1.16 bits per heavy atom. The van der Waals surface area contributed by atoms with Crippen LogP contribution in [-0.2, 0) is 6.54 Å². The zero-order valence-electron chi connectivity index (χ0n) is 16.6. The molecule has 0 fully saturated rings. The summed E-state index contributed by atoms with van der Waals surface area (Å²) in [5, 5.41) is 4.89. The molecule has 0 spiro atoms. The average molecular weight is 415 g/mol. The number of hydrogen-bond donors (Lipinski definition) is 2. The molecule has 3 heterocycles. The van der Waals surface area contributed by atoms with Gasteiger partial charge in [-0.15, -0.1) is 0 Å². The number of aromatic nitrogens is 1. The lowest BCUT2D eigenvalue weighted by Gasteiger charge is -2.17. The van der Waals surface area contributed by atoms with Crippen LogP contribution >= 0.6 is 0 Å². The minimum absolute atomic E-state index is 0.0814. The molecule has 31 heavy (non-hydrogen) atoms. The first kappa shape index (κ1) is 18.9. The van der Waals surface area contributed by atoms with Gasteiger partial charge in [0.2, 0.25) is 0 Å². The number of hydrogen-bond acceptors (Lipinski definition) is 3. The van der Waals surface area contributed by atoms with E-state index >= 15 is 0 Å². The molecule has 2 aromatic heterocycles. The number of benzene rings is 2. The van der Waals surface area contributed by atoms with E-state index in [0.717, 1.165) is 39.6 Å². The van der Waals surface area contributed by atoms with Crippen LogP contribution in [0.25, 0.3) is 33.1 Å². The van der Waals surface area contributed by atoms with Gasteiger partial charge >= 0.3 is 0 Å². The number of dihydropyridines is 1. The zero-order chi connectivity index (χ0) is 21.7. The third kappa shape index (κ3) is 2.95. The van der Waals surface area contributed by atoms with Crippen molar-refractivity contribution in [3.63, 3.8) is 0 Å². The summed E-state index contributed by atoms with van der Waals surface area (Å²) in [6.07, 6.45) is 7.22. The molecule has 0 unspecified atom stereocenters. The van der Waals surface area contributed by atoms with E-state index in [-0.39, 0.29) is 12.1 Å². The molecular weight excluding hydrogens is 396 g/mol. The maximum atomic E-state index is 14.5. The van der Waals surface area contributed by atoms with Crippen LogP contribution in [0.1, 0.15) is 16.8 Å². The van der Waals surface area contributed by atoms with Crippen molar-refractivity contribution in [3.8, 4) is 0 Å². The Hall–Kier alpha value is -4.06. The fourth-order valence-corrected chi connectivity index (χ4v) is 4.19. The summed E-state index contributed by atoms with van der Waals surface area (Å²) in [5.41, 5.74) is 11.3. The highest BCUT2D eigenvalue weighted by molar-refractivity contribution is 6.14. The van der Waals surface area contributed by atoms with Crippen molar-refractivity contribution in [1.82, 2.24) is 9.88 Å². The topological polar surface area (TPSA) is 56.1 Å². The second-order valence-corrected chi connectivity index (χ2v) is 7.43. The number of allylic oxidation sites excluding steroid dienone is 3. The van der Waals surface area contributed by atoms with Crippen molar-refractivity contribution in [1.29, 1.82) is 0 Å². The molecule has 2 aromatic carbocycles. The van der Waals surface area contributed by atoms with Crippen LogP contribution in [0.5, 0.6) is 0 Å². The zero-order valence-corrected chi connectivity index (χ0v) is 16.6. The van der Waals surface area contributed by atoms with Crippen LogP contribution in [0.2, 0.25) is 0 Å². The third-order valence-electron chi connectivity index (χ3n) is 5.51. The Labute approximate surface area is 177 Å². The van der Waals surface area contributed by atoms with E-state index in [0.29, 0.717) is 22.7 Å². The fourth-order valence-electron chi connectivity index (χ4n) is 4.19. The normalized spacial score (nSPS) is 13.6. The van der Waals surface area contributed by atoms with Crippen molar-refractivity contribution in [2.45, 2.75) is 6.54 Å². The van der Waals surface area contributed by atoms with E-state index in [1.54, 1.807) is 12.5 Å². The monoisotopic (exact) mass is 415 g/mol. The number of fused-ring (bicyclic) bond motifs is 3. The molecular formula is C25H19F2N3O. The summed E-state index contributed by atoms with van der Waals surface area (Å²) >= 11 is 0. The van der Waals surface area contributed by atoms with Gasteiger partial charge in [0.05, 0.1) is 24.0 Å². The molecule has 4 aromatic rings. The van der Waals surface area contributed by atoms with Crippen LogP contribution in [0.4, 0.5) is 8.78 Å². The minimum atomic E-state index is -0.504. The molecule has 6 heteroatoms. The summed E-state index contributed by atoms with van der Waals surface area (Å²) in [7, 11) is 0. The number of nitrogens with one attached hydrogen (secondary N) is 1. The molecule has 4 nitrogen and oxygen atoms in total. The molecule has 0 aliphatic carbocycles. The van der Waals surface area contributed by atoms with Crippen molar-refractivity contribution in [2.24, 2.45) is 5.73 Å². The van der Waals surface area contributed by atoms with E-state index in [1.165, 1.54) is 6.07 Å². The molecule has 3 N–H and O–H groups in total. The van der Waals surface area contributed by atoms with Crippen LogP contribution in [0.3, 0.4) is 0 Å². The maximum absolute atomic E-state index is 14.5. The Morgan fingerprint density at radius 2 is 2.00 bits per heavy atom. The van der Waals surface area contributed by atoms with Crippen molar-refractivity contribution < 1.29 is 13.2 Å². The lowest BCUT2D eigenvalue weighted by atomic mass is 9.95. The van der Waals surface area contributed by atoms with E-state index in [9.17, 15) is 8.78 Å². The van der Waals surface area contributed by atoms with Gasteiger partial charge in [-0.3, -0.25) is 0 Å². The highest BCUT2D eigenvalue weighted by atomic mass is 19.1. The summed E-state index contributed by atoms with van der Waals surface area (Å²) in [6.45, 7) is 8.19. The van der Waals surface area contributed by atoms with Gasteiger partial charge in [-0.05, 0) is 42.5 Å². The molecule has 0 atom stereocenters. The predicted octanol–water partition coefficient (Wildman–Crippen LogP) is 5.66. The van der Waals surface area contributed by atoms with Gasteiger partial charge in [0.25, 0.3) is 0 Å². The first-order chi connectivity index (χ1) is 15.0. The standard InChI is InChI=1S/C25H19F2N3O/c1-14(28)25-24(18-4-3-10-29-15(18)2)23-19-9-11-31-22(19)8-7-21(23)30(25)13-16-12-17(26)5-6-20(16)27/h3-12,29H,1-2,13,28H2. The molecule has 0 amide bonds. The van der Waals surface area contributed by atoms with Gasteiger partial charge in [0, 0.05) is 45.1 Å². The summed E-state index contributed by atoms with van der Waals surface area (Å²) < 4.78 is 35.9. The molecule has 154 valence electrons. The number of nitrogens with zero attached hydrogens (tertiary/aromatic N) is 1. The molecule has 5 rings (SSSR count). The Kier molecular flexibility index (Phi) is 4.29. The largest absolute Gasteiger partial charge is 0.464 e. The fraction of sp³-hybridized carbons (Fsp3) is 0.0400. The van der Waals surface area contributed by atoms with Gasteiger partial charge in [0.15, 0.2) is 0 Å². The SMILES string of the molecule is C=C1NC=CC=C1c1c(C(=C)N)n(Cc2cc(F)ccc2F)c2ccc3occc3c12. The number of halogens is 2. The predicted molar refractivity (Wildman–Crippen MR) is 120 cm³/mol. The molecule has 1 aliphatic rings. The quantitative estimate of drug-likeness (QED) is 0.452. The maximum Gasteiger partial charge on any atom is 0.134 e. The summed E-state index contributed by atoms with van der Waals surface area (Å²) in [5.74, 6) is -0.996. The first-order valence-electron chi connectivity index (χ1n) is 9.70. The number of rotatable bonds is 4.